The summed E-state index contributed by atoms with van der Waals surface area (Å²) in [6, 6.07) is 13.8. The summed E-state index contributed by atoms with van der Waals surface area (Å²) < 4.78 is 10.2. The molecule has 31 heavy (non-hydrogen) atoms. The van der Waals surface area contributed by atoms with E-state index in [1.165, 1.54) is 12.0 Å². The maximum atomic E-state index is 13.2. The van der Waals surface area contributed by atoms with Crippen molar-refractivity contribution in [3.05, 3.63) is 70.9 Å². The molecule has 0 fully saturated rings. The van der Waals surface area contributed by atoms with Crippen molar-refractivity contribution in [1.82, 2.24) is 10.2 Å². The van der Waals surface area contributed by atoms with Gasteiger partial charge in [-0.3, -0.25) is 9.69 Å². The molecule has 0 spiro atoms. The van der Waals surface area contributed by atoms with Crippen LogP contribution in [0.25, 0.3) is 0 Å². The van der Waals surface area contributed by atoms with Crippen molar-refractivity contribution in [2.45, 2.75) is 13.0 Å². The smallest absolute Gasteiger partial charge is 0.338 e. The first-order chi connectivity index (χ1) is 14.8. The standard InChI is InChI=1S/C23H25N3O4S/c1-14-19(21(27)25(2)3)20(17-8-6-7-9-18(17)22(28)30-5)24-23(31)26(14)15-10-12-16(29-4)13-11-15/h6-13,20H,1-5H3,(H,24,31). The third-order valence-electron chi connectivity index (χ3n) is 5.13. The lowest BCUT2D eigenvalue weighted by Crippen LogP contribution is -2.49. The van der Waals surface area contributed by atoms with Gasteiger partial charge in [0.1, 0.15) is 5.75 Å². The van der Waals surface area contributed by atoms with E-state index in [1.54, 1.807) is 39.4 Å². The van der Waals surface area contributed by atoms with Crippen LogP contribution in [0.15, 0.2) is 59.8 Å². The molecule has 8 heteroatoms. The van der Waals surface area contributed by atoms with Gasteiger partial charge in [-0.1, -0.05) is 18.2 Å². The molecule has 1 unspecified atom stereocenters. The lowest BCUT2D eigenvalue weighted by atomic mass is 9.90. The number of hydrogen-bond donors (Lipinski definition) is 1. The molecular weight excluding hydrogens is 414 g/mol. The van der Waals surface area contributed by atoms with Gasteiger partial charge in [0.25, 0.3) is 5.91 Å². The van der Waals surface area contributed by atoms with Crippen LogP contribution in [0, 0.1) is 0 Å². The first-order valence-electron chi connectivity index (χ1n) is 9.64. The van der Waals surface area contributed by atoms with Crippen molar-refractivity contribution >= 4 is 34.9 Å². The number of nitrogens with zero attached hydrogens (tertiary/aromatic N) is 2. The Morgan fingerprint density at radius 3 is 2.29 bits per heavy atom. The lowest BCUT2D eigenvalue weighted by Gasteiger charge is -2.39. The van der Waals surface area contributed by atoms with E-state index < -0.39 is 12.0 Å². The van der Waals surface area contributed by atoms with Crippen LogP contribution in [0.5, 0.6) is 5.75 Å². The molecule has 0 saturated heterocycles. The summed E-state index contributed by atoms with van der Waals surface area (Å²) >= 11 is 5.68. The number of likely N-dealkylation sites (N-methyl/N-ethyl adjacent to an activating group) is 1. The fourth-order valence-corrected chi connectivity index (χ4v) is 3.94. The van der Waals surface area contributed by atoms with Crippen molar-refractivity contribution in [3.63, 3.8) is 0 Å². The number of amides is 1. The first kappa shape index (κ1) is 22.3. The van der Waals surface area contributed by atoms with Crippen molar-refractivity contribution in [3.8, 4) is 5.75 Å². The van der Waals surface area contributed by atoms with E-state index in [-0.39, 0.29) is 5.91 Å². The number of hydrogen-bond acceptors (Lipinski definition) is 5. The van der Waals surface area contributed by atoms with Crippen LogP contribution in [0.1, 0.15) is 28.9 Å². The summed E-state index contributed by atoms with van der Waals surface area (Å²) in [6.07, 6.45) is 0. The Kier molecular flexibility index (Phi) is 6.60. The Bertz CT molecular complexity index is 1050. The quantitative estimate of drug-likeness (QED) is 0.566. The summed E-state index contributed by atoms with van der Waals surface area (Å²) in [4.78, 5) is 28.9. The maximum absolute atomic E-state index is 13.2. The van der Waals surface area contributed by atoms with E-state index in [0.717, 1.165) is 11.4 Å². The van der Waals surface area contributed by atoms with Gasteiger partial charge in [0, 0.05) is 25.5 Å². The molecule has 1 amide bonds. The predicted octanol–water partition coefficient (Wildman–Crippen LogP) is 3.28. The molecule has 1 aliphatic rings. The van der Waals surface area contributed by atoms with Crippen molar-refractivity contribution < 1.29 is 19.1 Å². The van der Waals surface area contributed by atoms with Gasteiger partial charge < -0.3 is 19.7 Å². The minimum atomic E-state index is -0.604. The Morgan fingerprint density at radius 1 is 1.06 bits per heavy atom. The number of ether oxygens (including phenoxy) is 2. The van der Waals surface area contributed by atoms with Gasteiger partial charge in [-0.25, -0.2) is 4.79 Å². The zero-order valence-corrected chi connectivity index (χ0v) is 18.9. The van der Waals surface area contributed by atoms with E-state index in [4.69, 9.17) is 21.7 Å². The number of thiocarbonyl (C=S) groups is 1. The Hall–Kier alpha value is -3.39. The molecule has 3 rings (SSSR count). The fraction of sp³-hybridized carbons (Fsp3) is 0.261. The Morgan fingerprint density at radius 2 is 1.71 bits per heavy atom. The minimum Gasteiger partial charge on any atom is -0.497 e. The second kappa shape index (κ2) is 9.18. The number of carbonyl (C=O) groups is 2. The van der Waals surface area contributed by atoms with Gasteiger partial charge in [-0.2, -0.15) is 0 Å². The predicted molar refractivity (Wildman–Crippen MR) is 123 cm³/mol. The van der Waals surface area contributed by atoms with E-state index in [1.807, 2.05) is 42.2 Å². The summed E-state index contributed by atoms with van der Waals surface area (Å²) in [5, 5.41) is 3.68. The Labute approximate surface area is 187 Å². The number of methoxy groups -OCH3 is 2. The van der Waals surface area contributed by atoms with Crippen LogP contribution in [0.3, 0.4) is 0 Å². The monoisotopic (exact) mass is 439 g/mol. The second-order valence-corrected chi connectivity index (χ2v) is 7.58. The highest BCUT2D eigenvalue weighted by atomic mass is 32.1. The molecule has 1 N–H and O–H groups in total. The second-order valence-electron chi connectivity index (χ2n) is 7.19. The zero-order chi connectivity index (χ0) is 22.7. The molecule has 2 aromatic rings. The Balaban J connectivity index is 2.19. The fourth-order valence-electron chi connectivity index (χ4n) is 3.58. The highest BCUT2D eigenvalue weighted by molar-refractivity contribution is 7.80. The van der Waals surface area contributed by atoms with E-state index >= 15 is 0 Å². The van der Waals surface area contributed by atoms with Crippen LogP contribution in [0.2, 0.25) is 0 Å². The molecule has 7 nitrogen and oxygen atoms in total. The van der Waals surface area contributed by atoms with E-state index in [9.17, 15) is 9.59 Å². The van der Waals surface area contributed by atoms with Gasteiger partial charge >= 0.3 is 5.97 Å². The zero-order valence-electron chi connectivity index (χ0n) is 18.1. The summed E-state index contributed by atoms with van der Waals surface area (Å²) in [5.74, 6) is 0.0571. The summed E-state index contributed by atoms with van der Waals surface area (Å²) in [5.41, 5.74) is 2.96. The highest BCUT2D eigenvalue weighted by Gasteiger charge is 2.37. The number of carbonyl (C=O) groups excluding carboxylic acids is 2. The van der Waals surface area contributed by atoms with Gasteiger partial charge in [0.2, 0.25) is 0 Å². The van der Waals surface area contributed by atoms with Crippen molar-refractivity contribution in [1.29, 1.82) is 0 Å². The number of benzene rings is 2. The third-order valence-corrected chi connectivity index (χ3v) is 5.43. The van der Waals surface area contributed by atoms with Crippen LogP contribution >= 0.6 is 12.2 Å². The number of esters is 1. The first-order valence-corrected chi connectivity index (χ1v) is 10.0. The number of nitrogens with one attached hydrogen (secondary N) is 1. The molecule has 0 aromatic heterocycles. The highest BCUT2D eigenvalue weighted by Crippen LogP contribution is 2.36. The summed E-state index contributed by atoms with van der Waals surface area (Å²) in [7, 11) is 6.31. The molecule has 0 bridgehead atoms. The largest absolute Gasteiger partial charge is 0.497 e. The van der Waals surface area contributed by atoms with Crippen molar-refractivity contribution in [2.24, 2.45) is 0 Å². The molecule has 1 aliphatic heterocycles. The third kappa shape index (κ3) is 4.25. The van der Waals surface area contributed by atoms with Gasteiger partial charge in [-0.15, -0.1) is 0 Å². The van der Waals surface area contributed by atoms with E-state index in [2.05, 4.69) is 5.32 Å². The molecule has 0 saturated carbocycles. The minimum absolute atomic E-state index is 0.185. The van der Waals surface area contributed by atoms with E-state index in [0.29, 0.717) is 27.5 Å². The van der Waals surface area contributed by atoms with Crippen LogP contribution in [-0.4, -0.2) is 50.2 Å². The molecule has 1 atom stereocenters. The van der Waals surface area contributed by atoms with Gasteiger partial charge in [0.15, 0.2) is 5.11 Å². The van der Waals surface area contributed by atoms with Gasteiger partial charge in [-0.05, 0) is 55.0 Å². The van der Waals surface area contributed by atoms with Gasteiger partial charge in [0.05, 0.1) is 31.4 Å². The summed E-state index contributed by atoms with van der Waals surface area (Å²) in [6.45, 7) is 1.85. The maximum Gasteiger partial charge on any atom is 0.338 e. The average Bonchev–Trinajstić information content (AvgIpc) is 2.78. The van der Waals surface area contributed by atoms with Crippen LogP contribution in [0.4, 0.5) is 5.69 Å². The normalized spacial score (nSPS) is 16.0. The molecule has 0 radical (unpaired) electrons. The molecule has 1 heterocycles. The topological polar surface area (TPSA) is 71.1 Å². The van der Waals surface area contributed by atoms with Crippen molar-refractivity contribution in [2.75, 3.05) is 33.2 Å². The number of rotatable bonds is 5. The average molecular weight is 440 g/mol. The SMILES string of the molecule is COC(=O)c1ccccc1C1NC(=S)N(c2ccc(OC)cc2)C(C)=C1C(=O)N(C)C. The molecule has 2 aromatic carbocycles. The molecule has 0 aliphatic carbocycles. The van der Waals surface area contributed by atoms with Crippen LogP contribution in [-0.2, 0) is 9.53 Å². The molecular formula is C23H25N3O4S. The lowest BCUT2D eigenvalue weighted by molar-refractivity contribution is -0.125. The van der Waals surface area contributed by atoms with Crippen LogP contribution < -0.4 is 15.0 Å². The molecule has 162 valence electrons. The number of anilines is 1. The number of allylic oxidation sites excluding steroid dienone is 1.